The van der Waals surface area contributed by atoms with E-state index in [9.17, 15) is 9.18 Å². The van der Waals surface area contributed by atoms with E-state index in [0.29, 0.717) is 29.7 Å². The molecule has 0 aliphatic carbocycles. The summed E-state index contributed by atoms with van der Waals surface area (Å²) in [6, 6.07) is 12.5. The lowest BCUT2D eigenvalue weighted by atomic mass is 10.3. The Balaban J connectivity index is 1.70. The third-order valence-corrected chi connectivity index (χ3v) is 3.36. The van der Waals surface area contributed by atoms with Crippen LogP contribution >= 0.6 is 11.6 Å². The summed E-state index contributed by atoms with van der Waals surface area (Å²) >= 11 is 5.79. The molecule has 0 N–H and O–H groups in total. The summed E-state index contributed by atoms with van der Waals surface area (Å²) in [7, 11) is 1.67. The van der Waals surface area contributed by atoms with Gasteiger partial charge in [0.15, 0.2) is 6.61 Å². The summed E-state index contributed by atoms with van der Waals surface area (Å²) in [6.07, 6.45) is 0. The minimum absolute atomic E-state index is 0.108. The smallest absolute Gasteiger partial charge is 0.260 e. The molecule has 0 saturated carbocycles. The molecule has 2 aromatic rings. The molecule has 0 aliphatic heterocycles. The fraction of sp³-hybridized carbons (Fsp3) is 0.235. The van der Waals surface area contributed by atoms with Gasteiger partial charge in [0.05, 0.1) is 6.54 Å². The summed E-state index contributed by atoms with van der Waals surface area (Å²) in [5.74, 6) is 0.609. The zero-order chi connectivity index (χ0) is 16.7. The maximum absolute atomic E-state index is 12.8. The van der Waals surface area contributed by atoms with Gasteiger partial charge < -0.3 is 14.4 Å². The lowest BCUT2D eigenvalue weighted by Crippen LogP contribution is -2.34. The second-order valence-electron chi connectivity index (χ2n) is 4.86. The van der Waals surface area contributed by atoms with E-state index in [1.54, 1.807) is 31.3 Å². The van der Waals surface area contributed by atoms with Crippen LogP contribution in [0.5, 0.6) is 11.5 Å². The Bertz CT molecular complexity index is 631. The quantitative estimate of drug-likeness (QED) is 0.777. The molecule has 0 aliphatic rings. The Labute approximate surface area is 139 Å². The molecule has 4 nitrogen and oxygen atoms in total. The van der Waals surface area contributed by atoms with Crippen molar-refractivity contribution in [2.24, 2.45) is 0 Å². The van der Waals surface area contributed by atoms with E-state index in [1.807, 2.05) is 0 Å². The van der Waals surface area contributed by atoms with Gasteiger partial charge in [-0.2, -0.15) is 0 Å². The first-order chi connectivity index (χ1) is 11.0. The first-order valence-corrected chi connectivity index (χ1v) is 7.43. The van der Waals surface area contributed by atoms with Crippen LogP contribution in [0.25, 0.3) is 0 Å². The second-order valence-corrected chi connectivity index (χ2v) is 5.30. The number of nitrogens with zero attached hydrogens (tertiary/aromatic N) is 1. The number of rotatable bonds is 7. The summed E-state index contributed by atoms with van der Waals surface area (Å²) in [6.45, 7) is 0.678. The minimum Gasteiger partial charge on any atom is -0.492 e. The summed E-state index contributed by atoms with van der Waals surface area (Å²) < 4.78 is 23.6. The van der Waals surface area contributed by atoms with Gasteiger partial charge in [0.25, 0.3) is 5.91 Å². The number of ether oxygens (including phenoxy) is 2. The van der Waals surface area contributed by atoms with Gasteiger partial charge in [-0.25, -0.2) is 4.39 Å². The Morgan fingerprint density at radius 1 is 1.04 bits per heavy atom. The number of hydrogen-bond donors (Lipinski definition) is 0. The van der Waals surface area contributed by atoms with Crippen molar-refractivity contribution < 1.29 is 18.7 Å². The zero-order valence-electron chi connectivity index (χ0n) is 12.7. The van der Waals surface area contributed by atoms with Gasteiger partial charge >= 0.3 is 0 Å². The van der Waals surface area contributed by atoms with Crippen molar-refractivity contribution in [2.45, 2.75) is 0 Å². The molecule has 122 valence electrons. The lowest BCUT2D eigenvalue weighted by Gasteiger charge is -2.17. The number of carbonyl (C=O) groups excluding carboxylic acids is 1. The summed E-state index contributed by atoms with van der Waals surface area (Å²) in [4.78, 5) is 13.4. The highest BCUT2D eigenvalue weighted by Gasteiger charge is 2.09. The molecule has 1 amide bonds. The Morgan fingerprint density at radius 3 is 2.26 bits per heavy atom. The third kappa shape index (κ3) is 5.79. The molecule has 0 aromatic heterocycles. The number of benzene rings is 2. The number of amides is 1. The predicted octanol–water partition coefficient (Wildman–Crippen LogP) is 3.40. The topological polar surface area (TPSA) is 38.8 Å². The number of halogens is 2. The molecular formula is C17H17ClFNO3. The van der Waals surface area contributed by atoms with Gasteiger partial charge in [0, 0.05) is 12.1 Å². The van der Waals surface area contributed by atoms with Crippen molar-refractivity contribution in [3.05, 3.63) is 59.4 Å². The van der Waals surface area contributed by atoms with Crippen molar-refractivity contribution in [1.82, 2.24) is 4.90 Å². The molecule has 2 aromatic carbocycles. The van der Waals surface area contributed by atoms with Crippen LogP contribution in [-0.4, -0.2) is 37.6 Å². The van der Waals surface area contributed by atoms with Crippen LogP contribution < -0.4 is 9.47 Å². The fourth-order valence-electron chi connectivity index (χ4n) is 1.74. The van der Waals surface area contributed by atoms with Gasteiger partial charge in [-0.05, 0) is 48.5 Å². The number of carbonyl (C=O) groups is 1. The summed E-state index contributed by atoms with van der Waals surface area (Å²) in [5.41, 5.74) is 0. The minimum atomic E-state index is -0.347. The Hall–Kier alpha value is -2.27. The highest BCUT2D eigenvalue weighted by atomic mass is 35.5. The largest absolute Gasteiger partial charge is 0.492 e. The van der Waals surface area contributed by atoms with Crippen LogP contribution in [0.2, 0.25) is 5.02 Å². The molecule has 2 rings (SSSR count). The van der Waals surface area contributed by atoms with Crippen molar-refractivity contribution >= 4 is 17.5 Å². The van der Waals surface area contributed by atoms with Crippen LogP contribution in [-0.2, 0) is 4.79 Å². The monoisotopic (exact) mass is 337 g/mol. The molecule has 23 heavy (non-hydrogen) atoms. The predicted molar refractivity (Wildman–Crippen MR) is 86.5 cm³/mol. The van der Waals surface area contributed by atoms with Crippen molar-refractivity contribution in [2.75, 3.05) is 26.8 Å². The maximum Gasteiger partial charge on any atom is 0.260 e. The molecular weight excluding hydrogens is 321 g/mol. The van der Waals surface area contributed by atoms with Crippen LogP contribution in [0.15, 0.2) is 48.5 Å². The average molecular weight is 338 g/mol. The SMILES string of the molecule is CN(CCOc1ccc(Cl)cc1)C(=O)COc1ccc(F)cc1. The van der Waals surface area contributed by atoms with Gasteiger partial charge in [-0.15, -0.1) is 0 Å². The van der Waals surface area contributed by atoms with E-state index >= 15 is 0 Å². The van der Waals surface area contributed by atoms with E-state index in [0.717, 1.165) is 0 Å². The average Bonchev–Trinajstić information content (AvgIpc) is 2.55. The summed E-state index contributed by atoms with van der Waals surface area (Å²) in [5, 5.41) is 0.641. The Morgan fingerprint density at radius 2 is 1.61 bits per heavy atom. The molecule has 0 fully saturated rings. The van der Waals surface area contributed by atoms with Gasteiger partial charge in [-0.1, -0.05) is 11.6 Å². The fourth-order valence-corrected chi connectivity index (χ4v) is 1.87. The van der Waals surface area contributed by atoms with Gasteiger partial charge in [0.1, 0.15) is 23.9 Å². The first kappa shape index (κ1) is 17.1. The van der Waals surface area contributed by atoms with Crippen LogP contribution in [0.4, 0.5) is 4.39 Å². The van der Waals surface area contributed by atoms with E-state index in [1.165, 1.54) is 29.2 Å². The molecule has 0 heterocycles. The van der Waals surface area contributed by atoms with Crippen LogP contribution in [0.3, 0.4) is 0 Å². The number of hydrogen-bond acceptors (Lipinski definition) is 3. The maximum atomic E-state index is 12.8. The Kier molecular flexibility index (Phi) is 6.23. The highest BCUT2D eigenvalue weighted by molar-refractivity contribution is 6.30. The number of likely N-dealkylation sites (N-methyl/N-ethyl adjacent to an activating group) is 1. The molecule has 0 unspecified atom stereocenters. The van der Waals surface area contributed by atoms with E-state index in [2.05, 4.69) is 0 Å². The molecule has 0 radical (unpaired) electrons. The van der Waals surface area contributed by atoms with Gasteiger partial charge in [0.2, 0.25) is 0 Å². The van der Waals surface area contributed by atoms with E-state index in [-0.39, 0.29) is 18.3 Å². The molecule has 0 saturated heterocycles. The van der Waals surface area contributed by atoms with Crippen molar-refractivity contribution in [3.63, 3.8) is 0 Å². The highest BCUT2D eigenvalue weighted by Crippen LogP contribution is 2.15. The molecule has 0 bridgehead atoms. The molecule has 0 spiro atoms. The van der Waals surface area contributed by atoms with E-state index < -0.39 is 0 Å². The normalized spacial score (nSPS) is 10.2. The van der Waals surface area contributed by atoms with Crippen molar-refractivity contribution in [3.8, 4) is 11.5 Å². The lowest BCUT2D eigenvalue weighted by molar-refractivity contribution is -0.132. The molecule has 6 heteroatoms. The van der Waals surface area contributed by atoms with Crippen LogP contribution in [0.1, 0.15) is 0 Å². The first-order valence-electron chi connectivity index (χ1n) is 7.05. The second kappa shape index (κ2) is 8.39. The molecule has 0 atom stereocenters. The zero-order valence-corrected chi connectivity index (χ0v) is 13.4. The van der Waals surface area contributed by atoms with E-state index in [4.69, 9.17) is 21.1 Å². The third-order valence-electron chi connectivity index (χ3n) is 3.11. The van der Waals surface area contributed by atoms with Gasteiger partial charge in [-0.3, -0.25) is 4.79 Å². The van der Waals surface area contributed by atoms with Crippen molar-refractivity contribution in [1.29, 1.82) is 0 Å². The standard InChI is InChI=1S/C17H17ClFNO3/c1-20(10-11-22-15-6-2-13(18)3-7-15)17(21)12-23-16-8-4-14(19)5-9-16/h2-9H,10-12H2,1H3. The van der Waals surface area contributed by atoms with Crippen LogP contribution in [0, 0.1) is 5.82 Å².